The second-order valence-corrected chi connectivity index (χ2v) is 7.34. The average Bonchev–Trinajstić information content (AvgIpc) is 2.91. The number of fused-ring (bicyclic) bond motifs is 1. The van der Waals surface area contributed by atoms with Crippen LogP contribution in [-0.2, 0) is 19.5 Å². The van der Waals surface area contributed by atoms with Crippen LogP contribution in [-0.4, -0.2) is 38.4 Å². The molecule has 31 heavy (non-hydrogen) atoms. The number of hydrogen-bond donors (Lipinski definition) is 1. The van der Waals surface area contributed by atoms with Crippen LogP contribution >= 0.6 is 0 Å². The molecule has 0 saturated carbocycles. The molecule has 4 rings (SSSR count). The van der Waals surface area contributed by atoms with Crippen LogP contribution in [0.5, 0.6) is 5.75 Å². The van der Waals surface area contributed by atoms with E-state index in [9.17, 15) is 18.4 Å². The number of aromatic nitrogens is 4. The fraction of sp³-hybridized carbons (Fsp3) is 0.333. The van der Waals surface area contributed by atoms with Crippen LogP contribution in [0.3, 0.4) is 0 Å². The molecular formula is C21H21F2N5O3. The quantitative estimate of drug-likeness (QED) is 0.669. The van der Waals surface area contributed by atoms with Crippen LogP contribution in [0.25, 0.3) is 0 Å². The van der Waals surface area contributed by atoms with Gasteiger partial charge >= 0.3 is 5.69 Å². The third-order valence-corrected chi connectivity index (χ3v) is 5.24. The summed E-state index contributed by atoms with van der Waals surface area (Å²) in [5.74, 6) is -1.23. The van der Waals surface area contributed by atoms with Crippen LogP contribution < -0.4 is 15.7 Å². The van der Waals surface area contributed by atoms with Crippen molar-refractivity contribution < 1.29 is 18.3 Å². The Morgan fingerprint density at radius 2 is 2.13 bits per heavy atom. The van der Waals surface area contributed by atoms with E-state index in [1.165, 1.54) is 4.68 Å². The number of hydrogen-bond acceptors (Lipinski definition) is 5. The minimum Gasteiger partial charge on any atom is -0.497 e. The lowest BCUT2D eigenvalue weighted by Gasteiger charge is -2.15. The largest absolute Gasteiger partial charge is 0.497 e. The van der Waals surface area contributed by atoms with Crippen molar-refractivity contribution in [1.82, 2.24) is 24.6 Å². The number of ether oxygens (including phenoxy) is 1. The minimum atomic E-state index is -1.01. The van der Waals surface area contributed by atoms with Crippen molar-refractivity contribution in [2.24, 2.45) is 0 Å². The molecule has 162 valence electrons. The third kappa shape index (κ3) is 4.47. The molecule has 1 aromatic carbocycles. The van der Waals surface area contributed by atoms with Gasteiger partial charge in [0, 0.05) is 25.1 Å². The molecule has 1 aliphatic rings. The predicted molar refractivity (Wildman–Crippen MR) is 107 cm³/mol. The lowest BCUT2D eigenvalue weighted by atomic mass is 10.1. The van der Waals surface area contributed by atoms with Gasteiger partial charge in [-0.25, -0.2) is 23.2 Å². The highest BCUT2D eigenvalue weighted by atomic mass is 19.1. The van der Waals surface area contributed by atoms with Gasteiger partial charge in [0.25, 0.3) is 5.91 Å². The van der Waals surface area contributed by atoms with Gasteiger partial charge in [-0.1, -0.05) is 12.1 Å². The van der Waals surface area contributed by atoms with E-state index in [-0.39, 0.29) is 11.7 Å². The highest BCUT2D eigenvalue weighted by molar-refractivity contribution is 5.92. The van der Waals surface area contributed by atoms with Crippen LogP contribution in [0, 0.1) is 11.6 Å². The molecule has 1 unspecified atom stereocenters. The van der Waals surface area contributed by atoms with Crippen molar-refractivity contribution in [3.63, 3.8) is 0 Å². The molecule has 0 fully saturated rings. The fourth-order valence-corrected chi connectivity index (χ4v) is 3.65. The van der Waals surface area contributed by atoms with E-state index in [2.05, 4.69) is 15.4 Å². The molecule has 0 saturated heterocycles. The Balaban J connectivity index is 1.44. The molecule has 0 radical (unpaired) electrons. The molecule has 3 heterocycles. The van der Waals surface area contributed by atoms with Crippen LogP contribution in [0.15, 0.2) is 41.3 Å². The average molecular weight is 429 g/mol. The lowest BCUT2D eigenvalue weighted by molar-refractivity contribution is 0.0923. The number of nitrogens with zero attached hydrogens (tertiary/aromatic N) is 4. The van der Waals surface area contributed by atoms with E-state index >= 15 is 0 Å². The Hall–Kier alpha value is -3.56. The monoisotopic (exact) mass is 429 g/mol. The summed E-state index contributed by atoms with van der Waals surface area (Å²) in [7, 11) is 1.58. The number of carbonyl (C=O) groups excluding carboxylic acids is 1. The van der Waals surface area contributed by atoms with Gasteiger partial charge in [0.15, 0.2) is 11.5 Å². The number of benzene rings is 1. The summed E-state index contributed by atoms with van der Waals surface area (Å²) in [5.41, 5.74) is 0.216. The van der Waals surface area contributed by atoms with Crippen molar-refractivity contribution in [3.05, 3.63) is 75.7 Å². The highest BCUT2D eigenvalue weighted by Crippen LogP contribution is 2.16. The zero-order valence-electron chi connectivity index (χ0n) is 16.8. The van der Waals surface area contributed by atoms with E-state index in [4.69, 9.17) is 4.74 Å². The first kappa shape index (κ1) is 20.7. The van der Waals surface area contributed by atoms with E-state index < -0.39 is 23.2 Å². The van der Waals surface area contributed by atoms with Gasteiger partial charge < -0.3 is 10.1 Å². The van der Waals surface area contributed by atoms with Gasteiger partial charge in [-0.3, -0.25) is 9.36 Å². The lowest BCUT2D eigenvalue weighted by Crippen LogP contribution is -2.36. The number of rotatable bonds is 5. The van der Waals surface area contributed by atoms with Crippen LogP contribution in [0.1, 0.15) is 34.7 Å². The first-order chi connectivity index (χ1) is 14.9. The Labute approximate surface area is 176 Å². The van der Waals surface area contributed by atoms with E-state index in [1.807, 2.05) is 24.3 Å². The molecule has 1 aliphatic heterocycles. The number of pyridine rings is 1. The zero-order chi connectivity index (χ0) is 22.0. The van der Waals surface area contributed by atoms with Crippen LogP contribution in [0.4, 0.5) is 8.78 Å². The molecule has 2 aromatic heterocycles. The van der Waals surface area contributed by atoms with Crippen molar-refractivity contribution in [2.45, 2.75) is 38.4 Å². The summed E-state index contributed by atoms with van der Waals surface area (Å²) in [6.45, 7) is 0.697. The maximum absolute atomic E-state index is 13.8. The summed E-state index contributed by atoms with van der Waals surface area (Å²) in [6, 6.07) is 7.77. The molecule has 3 aromatic rings. The third-order valence-electron chi connectivity index (χ3n) is 5.24. The molecular weight excluding hydrogens is 408 g/mol. The molecule has 10 heteroatoms. The Bertz CT molecular complexity index is 1170. The van der Waals surface area contributed by atoms with Gasteiger partial charge in [-0.15, -0.1) is 0 Å². The molecule has 0 bridgehead atoms. The zero-order valence-corrected chi connectivity index (χ0v) is 16.8. The molecule has 0 aliphatic carbocycles. The topological polar surface area (TPSA) is 91.0 Å². The maximum Gasteiger partial charge on any atom is 0.346 e. The number of amides is 1. The minimum absolute atomic E-state index is 0.226. The summed E-state index contributed by atoms with van der Waals surface area (Å²) >= 11 is 0. The first-order valence-electron chi connectivity index (χ1n) is 9.86. The smallest absolute Gasteiger partial charge is 0.346 e. The Morgan fingerprint density at radius 1 is 1.29 bits per heavy atom. The van der Waals surface area contributed by atoms with Crippen molar-refractivity contribution in [3.8, 4) is 5.75 Å². The second-order valence-electron chi connectivity index (χ2n) is 7.34. The van der Waals surface area contributed by atoms with Crippen molar-refractivity contribution >= 4 is 5.91 Å². The molecule has 1 atom stereocenters. The SMILES string of the molecule is COc1cccc(Cn2nc3n(c2=O)CCC(NC(=O)c2ncc(F)cc2F)CC3)c1. The second kappa shape index (κ2) is 8.66. The predicted octanol–water partition coefficient (Wildman–Crippen LogP) is 1.91. The summed E-state index contributed by atoms with van der Waals surface area (Å²) in [6.07, 6.45) is 2.28. The van der Waals surface area contributed by atoms with E-state index in [0.717, 1.165) is 11.8 Å². The molecule has 0 spiro atoms. The van der Waals surface area contributed by atoms with Gasteiger partial charge in [0.05, 0.1) is 19.9 Å². The molecule has 1 amide bonds. The van der Waals surface area contributed by atoms with Crippen molar-refractivity contribution in [2.75, 3.05) is 7.11 Å². The van der Waals surface area contributed by atoms with Gasteiger partial charge in [0.1, 0.15) is 17.4 Å². The molecule has 8 nitrogen and oxygen atoms in total. The van der Waals surface area contributed by atoms with Gasteiger partial charge in [0.2, 0.25) is 0 Å². The summed E-state index contributed by atoms with van der Waals surface area (Å²) in [5, 5.41) is 7.18. The molecule has 1 N–H and O–H groups in total. The number of aryl methyl sites for hydroxylation is 1. The van der Waals surface area contributed by atoms with Gasteiger partial charge in [-0.05, 0) is 30.5 Å². The Morgan fingerprint density at radius 3 is 2.90 bits per heavy atom. The summed E-state index contributed by atoms with van der Waals surface area (Å²) < 4.78 is 35.0. The number of carbonyl (C=O) groups is 1. The standard InChI is InChI=1S/C21H21F2N5O3/c1-31-16-4-2-3-13(9-16)12-28-21(30)27-8-7-15(5-6-18(27)26-28)25-20(29)19-17(23)10-14(22)11-24-19/h2-4,9-11,15H,5-8,12H2,1H3,(H,25,29). The number of nitrogens with one attached hydrogen (secondary N) is 1. The van der Waals surface area contributed by atoms with E-state index in [0.29, 0.717) is 50.0 Å². The van der Waals surface area contributed by atoms with Gasteiger partial charge in [-0.2, -0.15) is 5.10 Å². The maximum atomic E-state index is 13.8. The van der Waals surface area contributed by atoms with E-state index in [1.54, 1.807) is 11.7 Å². The Kier molecular flexibility index (Phi) is 5.79. The number of halogens is 2. The summed E-state index contributed by atoms with van der Waals surface area (Å²) in [4.78, 5) is 28.6. The first-order valence-corrected chi connectivity index (χ1v) is 9.86. The number of methoxy groups -OCH3 is 1. The van der Waals surface area contributed by atoms with Crippen molar-refractivity contribution in [1.29, 1.82) is 0 Å². The fourth-order valence-electron chi connectivity index (χ4n) is 3.65. The van der Waals surface area contributed by atoms with Crippen LogP contribution in [0.2, 0.25) is 0 Å². The normalized spacial score (nSPS) is 15.8. The highest BCUT2D eigenvalue weighted by Gasteiger charge is 2.24.